The second-order valence-corrected chi connectivity index (χ2v) is 5.20. The van der Waals surface area contributed by atoms with Crippen molar-refractivity contribution in [3.63, 3.8) is 0 Å². The number of ether oxygens (including phenoxy) is 1. The normalized spacial score (nSPS) is 11.8. The Kier molecular flexibility index (Phi) is 2.35. The summed E-state index contributed by atoms with van der Waals surface area (Å²) < 4.78 is 5.32. The SMILES string of the molecule is COCc1cc2cc(O)cc3ccc4cccc1c4c32. The zero-order chi connectivity index (χ0) is 13.7. The molecule has 0 aliphatic heterocycles. The standard InChI is InChI=1S/C18H14O2/c1-20-10-14-7-13-9-15(19)8-12-6-5-11-3-2-4-16(14)18(11)17(12)13/h2-9,19H,10H2,1H3. The molecule has 0 spiro atoms. The van der Waals surface area contributed by atoms with Gasteiger partial charge in [-0.1, -0.05) is 30.3 Å². The van der Waals surface area contributed by atoms with Crippen LogP contribution in [-0.4, -0.2) is 12.2 Å². The van der Waals surface area contributed by atoms with Crippen molar-refractivity contribution in [3.8, 4) is 5.75 Å². The summed E-state index contributed by atoms with van der Waals surface area (Å²) >= 11 is 0. The topological polar surface area (TPSA) is 29.5 Å². The van der Waals surface area contributed by atoms with Gasteiger partial charge in [0.05, 0.1) is 6.61 Å². The molecule has 98 valence electrons. The Hall–Kier alpha value is -2.32. The van der Waals surface area contributed by atoms with E-state index in [-0.39, 0.29) is 0 Å². The molecule has 0 atom stereocenters. The van der Waals surface area contributed by atoms with Gasteiger partial charge in [-0.25, -0.2) is 0 Å². The third-order valence-corrected chi connectivity index (χ3v) is 3.95. The number of phenols is 1. The Bertz CT molecular complexity index is 925. The van der Waals surface area contributed by atoms with Crippen LogP contribution in [0.1, 0.15) is 5.56 Å². The highest BCUT2D eigenvalue weighted by Gasteiger charge is 2.12. The average molecular weight is 262 g/mol. The van der Waals surface area contributed by atoms with E-state index in [1.54, 1.807) is 7.11 Å². The molecule has 0 amide bonds. The highest BCUT2D eigenvalue weighted by molar-refractivity contribution is 6.24. The smallest absolute Gasteiger partial charge is 0.116 e. The lowest BCUT2D eigenvalue weighted by Gasteiger charge is -2.14. The van der Waals surface area contributed by atoms with Crippen molar-refractivity contribution in [2.75, 3.05) is 7.11 Å². The van der Waals surface area contributed by atoms with Gasteiger partial charge in [0.2, 0.25) is 0 Å². The second kappa shape index (κ2) is 4.09. The zero-order valence-electron chi connectivity index (χ0n) is 11.2. The third kappa shape index (κ3) is 1.49. The van der Waals surface area contributed by atoms with Gasteiger partial charge < -0.3 is 9.84 Å². The summed E-state index contributed by atoms with van der Waals surface area (Å²) in [4.78, 5) is 0. The van der Waals surface area contributed by atoms with Crippen LogP contribution in [0.15, 0.2) is 48.5 Å². The Labute approximate surface area is 116 Å². The Balaban J connectivity index is 2.31. The maximum atomic E-state index is 9.89. The summed E-state index contributed by atoms with van der Waals surface area (Å²) in [6, 6.07) is 16.3. The molecule has 0 heterocycles. The first kappa shape index (κ1) is 11.5. The minimum atomic E-state index is 0.305. The second-order valence-electron chi connectivity index (χ2n) is 5.20. The van der Waals surface area contributed by atoms with Gasteiger partial charge >= 0.3 is 0 Å². The van der Waals surface area contributed by atoms with Gasteiger partial charge in [0.15, 0.2) is 0 Å². The van der Waals surface area contributed by atoms with Crippen LogP contribution in [0, 0.1) is 0 Å². The van der Waals surface area contributed by atoms with E-state index in [0.29, 0.717) is 12.4 Å². The molecule has 2 nitrogen and oxygen atoms in total. The lowest BCUT2D eigenvalue weighted by molar-refractivity contribution is 0.186. The quantitative estimate of drug-likeness (QED) is 0.541. The maximum Gasteiger partial charge on any atom is 0.116 e. The van der Waals surface area contributed by atoms with Crippen LogP contribution >= 0.6 is 0 Å². The van der Waals surface area contributed by atoms with Crippen molar-refractivity contribution >= 4 is 32.3 Å². The molecule has 0 aliphatic carbocycles. The van der Waals surface area contributed by atoms with Gasteiger partial charge in [-0.3, -0.25) is 0 Å². The van der Waals surface area contributed by atoms with Crippen LogP contribution in [0.25, 0.3) is 32.3 Å². The fourth-order valence-electron chi connectivity index (χ4n) is 3.18. The molecule has 0 fully saturated rings. The highest BCUT2D eigenvalue weighted by atomic mass is 16.5. The fourth-order valence-corrected chi connectivity index (χ4v) is 3.18. The number of hydrogen-bond acceptors (Lipinski definition) is 2. The van der Waals surface area contributed by atoms with Crippen LogP contribution in [0.2, 0.25) is 0 Å². The molecule has 1 N–H and O–H groups in total. The summed E-state index contributed by atoms with van der Waals surface area (Å²) in [5, 5.41) is 17.0. The molecule has 0 bridgehead atoms. The number of hydrogen-bond donors (Lipinski definition) is 1. The largest absolute Gasteiger partial charge is 0.508 e. The summed E-state index contributed by atoms with van der Waals surface area (Å²) in [7, 11) is 1.71. The number of rotatable bonds is 2. The molecular weight excluding hydrogens is 248 g/mol. The number of benzene rings is 4. The summed E-state index contributed by atoms with van der Waals surface area (Å²) in [5.74, 6) is 0.305. The maximum absolute atomic E-state index is 9.89. The average Bonchev–Trinajstić information content (AvgIpc) is 2.45. The molecule has 0 aromatic heterocycles. The van der Waals surface area contributed by atoms with Crippen molar-refractivity contribution in [3.05, 3.63) is 54.1 Å². The van der Waals surface area contributed by atoms with E-state index in [9.17, 15) is 5.11 Å². The number of phenolic OH excluding ortho intramolecular Hbond substituents is 1. The van der Waals surface area contributed by atoms with Gasteiger partial charge in [0.25, 0.3) is 0 Å². The zero-order valence-corrected chi connectivity index (χ0v) is 11.2. The molecule has 4 rings (SSSR count). The first-order valence-electron chi connectivity index (χ1n) is 6.66. The molecule has 4 aromatic rings. The third-order valence-electron chi connectivity index (χ3n) is 3.95. The van der Waals surface area contributed by atoms with Crippen LogP contribution in [0.3, 0.4) is 0 Å². The molecular formula is C18H14O2. The van der Waals surface area contributed by atoms with Crippen molar-refractivity contribution < 1.29 is 9.84 Å². The van der Waals surface area contributed by atoms with E-state index < -0.39 is 0 Å². The molecule has 4 aromatic carbocycles. The van der Waals surface area contributed by atoms with E-state index in [4.69, 9.17) is 4.74 Å². The van der Waals surface area contributed by atoms with Crippen molar-refractivity contribution in [1.82, 2.24) is 0 Å². The molecule has 0 saturated carbocycles. The predicted octanol–water partition coefficient (Wildman–Crippen LogP) is 4.44. The minimum Gasteiger partial charge on any atom is -0.508 e. The summed E-state index contributed by atoms with van der Waals surface area (Å²) in [5.41, 5.74) is 1.16. The van der Waals surface area contributed by atoms with E-state index in [1.807, 2.05) is 12.1 Å². The Morgan fingerprint density at radius 3 is 2.55 bits per heavy atom. The van der Waals surface area contributed by atoms with Crippen molar-refractivity contribution in [2.24, 2.45) is 0 Å². The van der Waals surface area contributed by atoms with Crippen LogP contribution < -0.4 is 0 Å². The van der Waals surface area contributed by atoms with E-state index in [0.717, 1.165) is 16.3 Å². The molecule has 0 unspecified atom stereocenters. The molecule has 0 radical (unpaired) electrons. The monoisotopic (exact) mass is 262 g/mol. The summed E-state index contributed by atoms with van der Waals surface area (Å²) in [6.45, 7) is 0.574. The van der Waals surface area contributed by atoms with Crippen molar-refractivity contribution in [1.29, 1.82) is 0 Å². The van der Waals surface area contributed by atoms with Gasteiger partial charge in [-0.2, -0.15) is 0 Å². The Morgan fingerprint density at radius 2 is 1.70 bits per heavy atom. The van der Waals surface area contributed by atoms with E-state index in [2.05, 4.69) is 36.4 Å². The molecule has 2 heteroatoms. The molecule has 0 saturated heterocycles. The lowest BCUT2D eigenvalue weighted by Crippen LogP contribution is -1.92. The van der Waals surface area contributed by atoms with Crippen LogP contribution in [-0.2, 0) is 11.3 Å². The predicted molar refractivity (Wildman–Crippen MR) is 82.5 cm³/mol. The highest BCUT2D eigenvalue weighted by Crippen LogP contribution is 2.38. The first-order chi connectivity index (χ1) is 9.78. The molecule has 20 heavy (non-hydrogen) atoms. The fraction of sp³-hybridized carbons (Fsp3) is 0.111. The minimum absolute atomic E-state index is 0.305. The van der Waals surface area contributed by atoms with E-state index >= 15 is 0 Å². The number of aromatic hydroxyl groups is 1. The van der Waals surface area contributed by atoms with Crippen LogP contribution in [0.5, 0.6) is 5.75 Å². The van der Waals surface area contributed by atoms with Gasteiger partial charge in [0, 0.05) is 7.11 Å². The Morgan fingerprint density at radius 1 is 0.900 bits per heavy atom. The van der Waals surface area contributed by atoms with Crippen LogP contribution in [0.4, 0.5) is 0 Å². The van der Waals surface area contributed by atoms with Gasteiger partial charge in [-0.15, -0.1) is 0 Å². The van der Waals surface area contributed by atoms with E-state index in [1.165, 1.54) is 21.5 Å². The summed E-state index contributed by atoms with van der Waals surface area (Å²) in [6.07, 6.45) is 0. The number of methoxy groups -OCH3 is 1. The van der Waals surface area contributed by atoms with Crippen molar-refractivity contribution in [2.45, 2.75) is 6.61 Å². The van der Waals surface area contributed by atoms with Gasteiger partial charge in [-0.05, 0) is 56.1 Å². The van der Waals surface area contributed by atoms with Gasteiger partial charge in [0.1, 0.15) is 5.75 Å². The molecule has 0 aliphatic rings. The lowest BCUT2D eigenvalue weighted by atomic mass is 9.91. The first-order valence-corrected chi connectivity index (χ1v) is 6.66.